The molecule has 2 aromatic carbocycles. The summed E-state index contributed by atoms with van der Waals surface area (Å²) in [6.45, 7) is 3.06. The number of rotatable bonds is 7. The lowest BCUT2D eigenvalue weighted by molar-refractivity contribution is 0.339. The zero-order valence-electron chi connectivity index (χ0n) is 18.5. The molecule has 0 saturated carbocycles. The van der Waals surface area contributed by atoms with Gasteiger partial charge in [-0.3, -0.25) is 0 Å². The monoisotopic (exact) mass is 479 g/mol. The number of fused-ring (bicyclic) bond motifs is 1. The van der Waals surface area contributed by atoms with Crippen molar-refractivity contribution in [2.45, 2.75) is 38.6 Å². The Kier molecular flexibility index (Phi) is 6.91. The molecular weight excluding hydrogens is 453 g/mol. The Balaban J connectivity index is 1.48. The van der Waals surface area contributed by atoms with Crippen molar-refractivity contribution in [2.24, 2.45) is 5.92 Å². The highest BCUT2D eigenvalue weighted by molar-refractivity contribution is 6.33. The van der Waals surface area contributed by atoms with Crippen LogP contribution in [0.4, 0.5) is 0 Å². The van der Waals surface area contributed by atoms with Gasteiger partial charge in [0, 0.05) is 23.6 Å². The van der Waals surface area contributed by atoms with E-state index in [0.717, 1.165) is 77.9 Å². The highest BCUT2D eigenvalue weighted by Crippen LogP contribution is 2.31. The third kappa shape index (κ3) is 5.06. The third-order valence-corrected chi connectivity index (χ3v) is 7.15. The summed E-state index contributed by atoms with van der Waals surface area (Å²) in [6, 6.07) is 15.8. The minimum absolute atomic E-state index is 0.697. The molecule has 33 heavy (non-hydrogen) atoms. The largest absolute Gasteiger partial charge is 0.317 e. The summed E-state index contributed by atoms with van der Waals surface area (Å²) in [5.74, 6) is 2.38. The Morgan fingerprint density at radius 2 is 1.67 bits per heavy atom. The Morgan fingerprint density at radius 1 is 0.909 bits per heavy atom. The van der Waals surface area contributed by atoms with Gasteiger partial charge in [-0.1, -0.05) is 53.5 Å². The van der Waals surface area contributed by atoms with Crippen LogP contribution in [0, 0.1) is 5.92 Å². The number of hydrogen-bond donors (Lipinski definition) is 1. The van der Waals surface area contributed by atoms with Crippen LogP contribution in [0.15, 0.2) is 54.7 Å². The third-order valence-electron chi connectivity index (χ3n) is 6.45. The van der Waals surface area contributed by atoms with Crippen LogP contribution in [0.1, 0.15) is 30.7 Å². The maximum atomic E-state index is 6.56. The lowest BCUT2D eigenvalue weighted by Crippen LogP contribution is -2.28. The normalized spacial score (nSPS) is 14.7. The van der Waals surface area contributed by atoms with Crippen LogP contribution in [0.25, 0.3) is 22.6 Å². The van der Waals surface area contributed by atoms with E-state index in [0.29, 0.717) is 10.9 Å². The van der Waals surface area contributed by atoms with Gasteiger partial charge >= 0.3 is 0 Å². The average Bonchev–Trinajstić information content (AvgIpc) is 3.20. The van der Waals surface area contributed by atoms with E-state index in [2.05, 4.69) is 20.9 Å². The van der Waals surface area contributed by atoms with Gasteiger partial charge in [-0.2, -0.15) is 0 Å². The van der Waals surface area contributed by atoms with Crippen molar-refractivity contribution in [3.63, 3.8) is 0 Å². The van der Waals surface area contributed by atoms with Crippen molar-refractivity contribution in [1.29, 1.82) is 0 Å². The van der Waals surface area contributed by atoms with E-state index in [1.807, 2.05) is 48.7 Å². The fourth-order valence-corrected chi connectivity index (χ4v) is 5.01. The molecule has 4 aromatic rings. The molecule has 7 heteroatoms. The van der Waals surface area contributed by atoms with Crippen LogP contribution in [0.2, 0.25) is 10.0 Å². The van der Waals surface area contributed by atoms with E-state index in [-0.39, 0.29) is 0 Å². The first-order chi connectivity index (χ1) is 16.2. The topological polar surface area (TPSA) is 55.6 Å². The molecule has 3 heterocycles. The number of aromatic nitrogens is 4. The van der Waals surface area contributed by atoms with Gasteiger partial charge in [0.15, 0.2) is 5.65 Å². The van der Waals surface area contributed by atoms with Crippen molar-refractivity contribution in [2.75, 3.05) is 13.1 Å². The minimum atomic E-state index is 0.697. The molecule has 1 saturated heterocycles. The molecule has 1 aliphatic rings. The molecule has 1 N–H and O–H groups in total. The van der Waals surface area contributed by atoms with Gasteiger partial charge in [-0.05, 0) is 68.5 Å². The standard InChI is InChI=1S/C26H27Cl2N5/c27-21-7-3-1-5-19(21)9-10-24-30-17-23-26(32-24)33(16-13-18-11-14-29-15-12-18)25(31-23)20-6-2-4-8-22(20)28/h1-8,17-18,29H,9-16H2. The van der Waals surface area contributed by atoms with Gasteiger partial charge in [0.1, 0.15) is 17.2 Å². The van der Waals surface area contributed by atoms with Crippen molar-refractivity contribution in [3.05, 3.63) is 76.2 Å². The molecule has 0 radical (unpaired) electrons. The molecule has 170 valence electrons. The SMILES string of the molecule is Clc1ccccc1CCc1ncc2nc(-c3ccccc3Cl)n(CCC3CCNCC3)c2n1. The fourth-order valence-electron chi connectivity index (χ4n) is 4.56. The Bertz CT molecular complexity index is 1250. The Hall–Kier alpha value is -2.47. The van der Waals surface area contributed by atoms with Crippen molar-refractivity contribution < 1.29 is 0 Å². The van der Waals surface area contributed by atoms with Gasteiger partial charge in [-0.15, -0.1) is 0 Å². The Labute approximate surface area is 204 Å². The van der Waals surface area contributed by atoms with Crippen LogP contribution in [0.3, 0.4) is 0 Å². The lowest BCUT2D eigenvalue weighted by Gasteiger charge is -2.23. The number of aryl methyl sites for hydroxylation is 3. The smallest absolute Gasteiger partial charge is 0.164 e. The second-order valence-corrected chi connectivity index (χ2v) is 9.45. The van der Waals surface area contributed by atoms with Crippen molar-refractivity contribution in [3.8, 4) is 11.4 Å². The van der Waals surface area contributed by atoms with Crippen LogP contribution in [-0.2, 0) is 19.4 Å². The molecule has 0 amide bonds. The zero-order chi connectivity index (χ0) is 22.6. The molecule has 0 aliphatic carbocycles. The quantitative estimate of drug-likeness (QED) is 0.354. The molecule has 2 aromatic heterocycles. The Morgan fingerprint density at radius 3 is 2.45 bits per heavy atom. The first-order valence-corrected chi connectivity index (χ1v) is 12.4. The van der Waals surface area contributed by atoms with Crippen LogP contribution < -0.4 is 5.32 Å². The van der Waals surface area contributed by atoms with E-state index >= 15 is 0 Å². The highest BCUT2D eigenvalue weighted by Gasteiger charge is 2.19. The van der Waals surface area contributed by atoms with Crippen LogP contribution in [0.5, 0.6) is 0 Å². The number of nitrogens with one attached hydrogen (secondary N) is 1. The molecule has 0 spiro atoms. The van der Waals surface area contributed by atoms with Gasteiger partial charge in [-0.25, -0.2) is 15.0 Å². The number of hydrogen-bond acceptors (Lipinski definition) is 4. The molecule has 0 unspecified atom stereocenters. The summed E-state index contributed by atoms with van der Waals surface area (Å²) in [6.07, 6.45) is 6.89. The number of piperidine rings is 1. The summed E-state index contributed by atoms with van der Waals surface area (Å²) in [4.78, 5) is 14.5. The van der Waals surface area contributed by atoms with E-state index in [1.165, 1.54) is 12.8 Å². The van der Waals surface area contributed by atoms with E-state index in [9.17, 15) is 0 Å². The van der Waals surface area contributed by atoms with Gasteiger partial charge in [0.25, 0.3) is 0 Å². The first kappa shape index (κ1) is 22.3. The highest BCUT2D eigenvalue weighted by atomic mass is 35.5. The summed E-state index contributed by atoms with van der Waals surface area (Å²) in [7, 11) is 0. The number of nitrogens with zero attached hydrogens (tertiary/aromatic N) is 4. The van der Waals surface area contributed by atoms with Gasteiger partial charge in [0.05, 0.1) is 11.2 Å². The van der Waals surface area contributed by atoms with E-state index in [1.54, 1.807) is 0 Å². The molecule has 1 fully saturated rings. The summed E-state index contributed by atoms with van der Waals surface area (Å²) in [5, 5.41) is 4.94. The van der Waals surface area contributed by atoms with Gasteiger partial charge < -0.3 is 9.88 Å². The minimum Gasteiger partial charge on any atom is -0.317 e. The predicted molar refractivity (Wildman–Crippen MR) is 135 cm³/mol. The molecule has 0 atom stereocenters. The number of halogens is 2. The summed E-state index contributed by atoms with van der Waals surface area (Å²) in [5.41, 5.74) is 3.72. The molecule has 0 bridgehead atoms. The fraction of sp³-hybridized carbons (Fsp3) is 0.346. The van der Waals surface area contributed by atoms with Gasteiger partial charge in [0.2, 0.25) is 0 Å². The van der Waals surface area contributed by atoms with Crippen molar-refractivity contribution >= 4 is 34.4 Å². The number of imidazole rings is 1. The van der Waals surface area contributed by atoms with E-state index in [4.69, 9.17) is 33.2 Å². The second-order valence-electron chi connectivity index (χ2n) is 8.64. The summed E-state index contributed by atoms with van der Waals surface area (Å²) >= 11 is 12.9. The van der Waals surface area contributed by atoms with Crippen LogP contribution >= 0.6 is 23.2 Å². The maximum Gasteiger partial charge on any atom is 0.164 e. The maximum absolute atomic E-state index is 6.56. The zero-order valence-corrected chi connectivity index (χ0v) is 20.0. The first-order valence-electron chi connectivity index (χ1n) is 11.6. The molecular formula is C26H27Cl2N5. The van der Waals surface area contributed by atoms with Crippen molar-refractivity contribution in [1.82, 2.24) is 24.8 Å². The molecule has 5 nitrogen and oxygen atoms in total. The summed E-state index contributed by atoms with van der Waals surface area (Å²) < 4.78 is 2.24. The lowest BCUT2D eigenvalue weighted by atomic mass is 9.95. The molecule has 5 rings (SSSR count). The number of benzene rings is 2. The second kappa shape index (κ2) is 10.2. The van der Waals surface area contributed by atoms with Crippen LogP contribution in [-0.4, -0.2) is 32.6 Å². The predicted octanol–water partition coefficient (Wildman–Crippen LogP) is 5.98. The van der Waals surface area contributed by atoms with E-state index < -0.39 is 0 Å². The molecule has 1 aliphatic heterocycles. The average molecular weight is 480 g/mol.